The molecule has 58 heavy (non-hydrogen) atoms. The van der Waals surface area contributed by atoms with Crippen LogP contribution in [0, 0.1) is 11.8 Å². The summed E-state index contributed by atoms with van der Waals surface area (Å²) in [6.07, 6.45) is 33.4. The van der Waals surface area contributed by atoms with Crippen molar-refractivity contribution in [3.8, 4) is 0 Å². The predicted molar refractivity (Wildman–Crippen MR) is 235 cm³/mol. The highest BCUT2D eigenvalue weighted by Gasteiger charge is 2.39. The third-order valence-electron chi connectivity index (χ3n) is 10.9. The van der Waals surface area contributed by atoms with Crippen LogP contribution in [-0.2, 0) is 27.9 Å². The molecule has 0 amide bonds. The maximum Gasteiger partial charge on any atom is 0.472 e. The maximum atomic E-state index is 12.6. The van der Waals surface area contributed by atoms with Gasteiger partial charge in [0.05, 0.1) is 52.3 Å². The van der Waals surface area contributed by atoms with Gasteiger partial charge in [-0.2, -0.15) is 0 Å². The van der Waals surface area contributed by atoms with E-state index in [1.807, 2.05) is 33.3 Å². The standard InChI is InChI=1S/C46H86NO10P/c1-6-8-10-11-12-13-14-15-16-17-18-19-20-21-24-28-35-54-41(39-57-58(52,53)56-36-34-47(3,4)5)38-55-46(51)31-27-23-22-26-30-42-43(45(50)37-44(42)49)33-32-40(48)29-25-9-7-2/h13-14,28,32-33,35,40-45,48-50H,6-12,15-27,29-31,34,36-39H2,1-5H3/p+1/b14-13-,33-32+,35-28+/t40-,41+,42+,43+,44-,45+/m0/s1. The Morgan fingerprint density at radius 1 is 0.759 bits per heavy atom. The van der Waals surface area contributed by atoms with Gasteiger partial charge in [-0.05, 0) is 69.8 Å². The highest BCUT2D eigenvalue weighted by atomic mass is 31.2. The number of likely N-dealkylation sites (N-methyl/N-ethyl adjacent to an activating group) is 1. The number of phosphoric acid groups is 1. The van der Waals surface area contributed by atoms with E-state index in [1.54, 1.807) is 12.3 Å². The summed E-state index contributed by atoms with van der Waals surface area (Å²) in [5.41, 5.74) is 0. The largest absolute Gasteiger partial charge is 0.492 e. The lowest BCUT2D eigenvalue weighted by Gasteiger charge is -2.24. The van der Waals surface area contributed by atoms with Gasteiger partial charge in [-0.25, -0.2) is 4.57 Å². The van der Waals surface area contributed by atoms with Crippen molar-refractivity contribution in [2.45, 2.75) is 192 Å². The zero-order valence-electron chi connectivity index (χ0n) is 37.4. The third kappa shape index (κ3) is 30.5. The summed E-state index contributed by atoms with van der Waals surface area (Å²) in [6, 6.07) is 0. The number of allylic oxidation sites excluding steroid dienone is 3. The Morgan fingerprint density at radius 2 is 1.34 bits per heavy atom. The number of carbonyl (C=O) groups excluding carboxylic acids is 1. The molecule has 1 saturated carbocycles. The van der Waals surface area contributed by atoms with E-state index in [2.05, 4.69) is 26.0 Å². The second kappa shape index (κ2) is 34.1. The van der Waals surface area contributed by atoms with Gasteiger partial charge in [-0.3, -0.25) is 13.8 Å². The summed E-state index contributed by atoms with van der Waals surface area (Å²) in [7, 11) is 1.55. The molecule has 0 aromatic rings. The molecule has 1 aliphatic carbocycles. The number of aliphatic hydroxyl groups excluding tert-OH is 3. The Bertz CT molecular complexity index is 1140. The number of quaternary nitrogens is 1. The van der Waals surface area contributed by atoms with Crippen LogP contribution in [0.3, 0.4) is 0 Å². The second-order valence-electron chi connectivity index (χ2n) is 17.5. The van der Waals surface area contributed by atoms with E-state index >= 15 is 0 Å². The number of carbonyl (C=O) groups is 1. The van der Waals surface area contributed by atoms with E-state index in [9.17, 15) is 29.6 Å². The van der Waals surface area contributed by atoms with Gasteiger partial charge in [-0.15, -0.1) is 0 Å². The van der Waals surface area contributed by atoms with E-state index in [0.717, 1.165) is 64.2 Å². The predicted octanol–water partition coefficient (Wildman–Crippen LogP) is 10.1. The van der Waals surface area contributed by atoms with E-state index in [4.69, 9.17) is 18.5 Å². The Balaban J connectivity index is 2.43. The lowest BCUT2D eigenvalue weighted by atomic mass is 9.88. The first kappa shape index (κ1) is 54.5. The molecule has 7 atom stereocenters. The van der Waals surface area contributed by atoms with E-state index in [1.165, 1.54) is 64.2 Å². The molecule has 0 aromatic heterocycles. The monoisotopic (exact) mass is 845 g/mol. The molecule has 0 saturated heterocycles. The molecular weight excluding hydrogens is 757 g/mol. The van der Waals surface area contributed by atoms with Crippen LogP contribution in [-0.4, -0.2) is 103 Å². The first-order valence-corrected chi connectivity index (χ1v) is 24.5. The van der Waals surface area contributed by atoms with Crippen molar-refractivity contribution in [1.82, 2.24) is 0 Å². The van der Waals surface area contributed by atoms with Crippen LogP contribution in [0.15, 0.2) is 36.6 Å². The molecule has 1 rings (SSSR count). The van der Waals surface area contributed by atoms with Crippen LogP contribution >= 0.6 is 7.82 Å². The third-order valence-corrected chi connectivity index (χ3v) is 11.8. The maximum absolute atomic E-state index is 12.6. The molecule has 0 radical (unpaired) electrons. The summed E-state index contributed by atoms with van der Waals surface area (Å²) < 4.78 is 34.8. The lowest BCUT2D eigenvalue weighted by Crippen LogP contribution is -2.37. The number of unbranched alkanes of at least 4 members (excludes halogenated alkanes) is 16. The van der Waals surface area contributed by atoms with Crippen LogP contribution in [0.4, 0.5) is 0 Å². The number of hydrogen-bond donors (Lipinski definition) is 4. The van der Waals surface area contributed by atoms with Gasteiger partial charge in [0.15, 0.2) is 6.10 Å². The molecule has 0 aromatic carbocycles. The topological polar surface area (TPSA) is 152 Å². The van der Waals surface area contributed by atoms with Crippen molar-refractivity contribution < 1.29 is 52.6 Å². The Labute approximate surface area is 353 Å². The minimum absolute atomic E-state index is 0.0537. The van der Waals surface area contributed by atoms with Gasteiger partial charge in [0.25, 0.3) is 0 Å². The molecular formula is C46H87NO10P+. The van der Waals surface area contributed by atoms with Gasteiger partial charge in [0, 0.05) is 18.8 Å². The van der Waals surface area contributed by atoms with Crippen molar-refractivity contribution in [3.05, 3.63) is 36.6 Å². The smallest absolute Gasteiger partial charge is 0.472 e. The van der Waals surface area contributed by atoms with Crippen molar-refractivity contribution in [3.63, 3.8) is 0 Å². The molecule has 4 N–H and O–H groups in total. The summed E-state index contributed by atoms with van der Waals surface area (Å²) in [4.78, 5) is 22.9. The van der Waals surface area contributed by atoms with Crippen molar-refractivity contribution >= 4 is 13.8 Å². The van der Waals surface area contributed by atoms with Crippen molar-refractivity contribution in [1.29, 1.82) is 0 Å². The van der Waals surface area contributed by atoms with Crippen molar-refractivity contribution in [2.75, 3.05) is 47.5 Å². The minimum Gasteiger partial charge on any atom is -0.492 e. The molecule has 1 aliphatic rings. The number of esters is 1. The van der Waals surface area contributed by atoms with E-state index in [0.29, 0.717) is 30.3 Å². The quantitative estimate of drug-likeness (QED) is 0.0118. The molecule has 0 aliphatic heterocycles. The molecule has 0 bridgehead atoms. The van der Waals surface area contributed by atoms with E-state index < -0.39 is 32.2 Å². The van der Waals surface area contributed by atoms with E-state index in [-0.39, 0.29) is 44.0 Å². The lowest BCUT2D eigenvalue weighted by molar-refractivity contribution is -0.870. The fourth-order valence-corrected chi connectivity index (χ4v) is 7.90. The minimum atomic E-state index is -4.32. The number of aliphatic hydroxyl groups is 3. The summed E-state index contributed by atoms with van der Waals surface area (Å²) in [5, 5.41) is 31.4. The SMILES string of the molecule is CCCCCC/C=C\CCCCCCCC/C=C/O[C@H](COC(=O)CCCCCC[C@@H]1[C@@H](/C=C/[C@@H](O)CCCCC)[C@H](O)C[C@@H]1O)COP(=O)(O)OCC[N+](C)(C)C. The fraction of sp³-hybridized carbons (Fsp3) is 0.848. The van der Waals surface area contributed by atoms with Gasteiger partial charge < -0.3 is 34.2 Å². The van der Waals surface area contributed by atoms with Gasteiger partial charge >= 0.3 is 13.8 Å². The van der Waals surface area contributed by atoms with Gasteiger partial charge in [-0.1, -0.05) is 122 Å². The normalized spacial score (nSPS) is 21.0. The number of phosphoric ester groups is 1. The molecule has 340 valence electrons. The number of rotatable bonds is 38. The molecule has 12 heteroatoms. The fourth-order valence-electron chi connectivity index (χ4n) is 7.16. The highest BCUT2D eigenvalue weighted by molar-refractivity contribution is 7.47. The molecule has 0 heterocycles. The van der Waals surface area contributed by atoms with Crippen LogP contribution in [0.1, 0.15) is 168 Å². The highest BCUT2D eigenvalue weighted by Crippen LogP contribution is 2.43. The van der Waals surface area contributed by atoms with Crippen LogP contribution in [0.2, 0.25) is 0 Å². The molecule has 1 unspecified atom stereocenters. The van der Waals surface area contributed by atoms with Crippen LogP contribution in [0.25, 0.3) is 0 Å². The second-order valence-corrected chi connectivity index (χ2v) is 18.9. The number of nitrogens with zero attached hydrogens (tertiary/aromatic N) is 1. The van der Waals surface area contributed by atoms with Crippen molar-refractivity contribution in [2.24, 2.45) is 11.8 Å². The van der Waals surface area contributed by atoms with Gasteiger partial charge in [0.2, 0.25) is 0 Å². The number of hydrogen-bond acceptors (Lipinski definition) is 9. The zero-order chi connectivity index (χ0) is 42.9. The summed E-state index contributed by atoms with van der Waals surface area (Å²) in [5.74, 6) is -0.600. The van der Waals surface area contributed by atoms with Crippen LogP contribution < -0.4 is 0 Å². The first-order chi connectivity index (χ1) is 27.8. The Kier molecular flexibility index (Phi) is 32.0. The average molecular weight is 845 g/mol. The van der Waals surface area contributed by atoms with Crippen LogP contribution in [0.5, 0.6) is 0 Å². The zero-order valence-corrected chi connectivity index (χ0v) is 38.3. The number of ether oxygens (including phenoxy) is 2. The molecule has 0 spiro atoms. The summed E-state index contributed by atoms with van der Waals surface area (Å²) in [6.45, 7) is 4.55. The Morgan fingerprint density at radius 3 is 2.00 bits per heavy atom. The van der Waals surface area contributed by atoms with Gasteiger partial charge in [0.1, 0.15) is 19.8 Å². The Hall–Kier alpha value is -1.56. The summed E-state index contributed by atoms with van der Waals surface area (Å²) >= 11 is 0. The average Bonchev–Trinajstić information content (AvgIpc) is 3.44. The molecule has 1 fully saturated rings. The molecule has 11 nitrogen and oxygen atoms in total. The first-order valence-electron chi connectivity index (χ1n) is 23.0.